The van der Waals surface area contributed by atoms with Crippen molar-refractivity contribution in [2.75, 3.05) is 20.1 Å². The van der Waals surface area contributed by atoms with Gasteiger partial charge in [0.25, 0.3) is 0 Å². The molecule has 2 aliphatic rings. The van der Waals surface area contributed by atoms with E-state index in [-0.39, 0.29) is 0 Å². The van der Waals surface area contributed by atoms with E-state index in [4.69, 9.17) is 5.73 Å². The van der Waals surface area contributed by atoms with Crippen LogP contribution in [0.1, 0.15) is 19.8 Å². The summed E-state index contributed by atoms with van der Waals surface area (Å²) in [6.07, 6.45) is 2.62. The number of hydrogen-bond acceptors (Lipinski definition) is 2. The molecule has 2 heteroatoms. The largest absolute Gasteiger partial charge is 0.327 e. The molecule has 0 bridgehead atoms. The van der Waals surface area contributed by atoms with Crippen molar-refractivity contribution in [1.82, 2.24) is 4.90 Å². The van der Waals surface area contributed by atoms with E-state index in [1.807, 2.05) is 0 Å². The minimum Gasteiger partial charge on any atom is -0.327 e. The average Bonchev–Trinajstić information content (AvgIpc) is 2.44. The molecule has 0 spiro atoms. The van der Waals surface area contributed by atoms with Crippen LogP contribution in [0.2, 0.25) is 0 Å². The van der Waals surface area contributed by atoms with Crippen LogP contribution in [-0.2, 0) is 0 Å². The maximum Gasteiger partial charge on any atom is 0.0102 e. The zero-order valence-electron chi connectivity index (χ0n) is 7.51. The lowest BCUT2D eigenvalue weighted by molar-refractivity contribution is 0.312. The molecule has 1 heterocycles. The number of rotatable bonds is 1. The van der Waals surface area contributed by atoms with Gasteiger partial charge in [-0.2, -0.15) is 0 Å². The third-order valence-corrected chi connectivity index (χ3v) is 3.67. The topological polar surface area (TPSA) is 29.3 Å². The Hall–Kier alpha value is -0.0800. The average molecular weight is 154 g/mol. The fourth-order valence-corrected chi connectivity index (χ4v) is 2.36. The van der Waals surface area contributed by atoms with Crippen molar-refractivity contribution < 1.29 is 0 Å². The van der Waals surface area contributed by atoms with Gasteiger partial charge in [0.1, 0.15) is 0 Å². The predicted molar refractivity (Wildman–Crippen MR) is 46.3 cm³/mol. The van der Waals surface area contributed by atoms with Gasteiger partial charge in [0.05, 0.1) is 0 Å². The van der Waals surface area contributed by atoms with Crippen LogP contribution in [0.3, 0.4) is 0 Å². The zero-order chi connectivity index (χ0) is 8.06. The standard InChI is InChI=1S/C9H18N2/c1-9(5-8(9)10)7-3-4-11(2)6-7/h7-8H,3-6,10H2,1-2H3/t7?,8-,9+/m0/s1. The van der Waals surface area contributed by atoms with E-state index in [2.05, 4.69) is 18.9 Å². The Morgan fingerprint density at radius 1 is 1.55 bits per heavy atom. The van der Waals surface area contributed by atoms with E-state index in [0.717, 1.165) is 5.92 Å². The van der Waals surface area contributed by atoms with Crippen LogP contribution < -0.4 is 5.73 Å². The molecular weight excluding hydrogens is 136 g/mol. The highest BCUT2D eigenvalue weighted by molar-refractivity contribution is 5.08. The first kappa shape index (κ1) is 7.56. The maximum atomic E-state index is 5.91. The van der Waals surface area contributed by atoms with Gasteiger partial charge in [-0.15, -0.1) is 0 Å². The van der Waals surface area contributed by atoms with Gasteiger partial charge < -0.3 is 10.6 Å². The summed E-state index contributed by atoms with van der Waals surface area (Å²) in [5.74, 6) is 0.877. The zero-order valence-corrected chi connectivity index (χ0v) is 7.51. The van der Waals surface area contributed by atoms with Gasteiger partial charge in [-0.3, -0.25) is 0 Å². The molecule has 0 aromatic carbocycles. The molecule has 64 valence electrons. The highest BCUT2D eigenvalue weighted by atomic mass is 15.1. The minimum absolute atomic E-state index is 0.499. The number of nitrogens with two attached hydrogens (primary N) is 1. The Labute approximate surface area is 68.7 Å². The second kappa shape index (κ2) is 2.20. The number of hydrogen-bond donors (Lipinski definition) is 1. The number of nitrogens with zero attached hydrogens (tertiary/aromatic N) is 1. The summed E-state index contributed by atoms with van der Waals surface area (Å²) in [6.45, 7) is 4.89. The molecule has 1 aliphatic heterocycles. The van der Waals surface area contributed by atoms with E-state index in [1.54, 1.807) is 0 Å². The molecule has 1 unspecified atom stereocenters. The second-order valence-corrected chi connectivity index (χ2v) is 4.56. The number of likely N-dealkylation sites (tertiary alicyclic amines) is 1. The van der Waals surface area contributed by atoms with Gasteiger partial charge in [0.2, 0.25) is 0 Å². The monoisotopic (exact) mass is 154 g/mol. The normalized spacial score (nSPS) is 51.5. The lowest BCUT2D eigenvalue weighted by Gasteiger charge is -2.18. The smallest absolute Gasteiger partial charge is 0.0102 e. The van der Waals surface area contributed by atoms with Crippen LogP contribution in [0.5, 0.6) is 0 Å². The Bertz CT molecular complexity index is 169. The van der Waals surface area contributed by atoms with E-state index < -0.39 is 0 Å². The lowest BCUT2D eigenvalue weighted by atomic mass is 9.89. The molecule has 2 rings (SSSR count). The van der Waals surface area contributed by atoms with Crippen molar-refractivity contribution in [1.29, 1.82) is 0 Å². The Morgan fingerprint density at radius 2 is 2.18 bits per heavy atom. The summed E-state index contributed by atoms with van der Waals surface area (Å²) in [6, 6.07) is 0.499. The van der Waals surface area contributed by atoms with Crippen LogP contribution in [0, 0.1) is 11.3 Å². The third kappa shape index (κ3) is 1.09. The van der Waals surface area contributed by atoms with E-state index >= 15 is 0 Å². The molecule has 3 atom stereocenters. The highest BCUT2D eigenvalue weighted by Crippen LogP contribution is 2.52. The molecule has 0 aromatic heterocycles. The van der Waals surface area contributed by atoms with Gasteiger partial charge >= 0.3 is 0 Å². The predicted octanol–water partition coefficient (Wildman–Crippen LogP) is 0.675. The Balaban J connectivity index is 1.97. The molecule has 2 N–H and O–H groups in total. The molecule has 1 saturated heterocycles. The molecule has 2 nitrogen and oxygen atoms in total. The van der Waals surface area contributed by atoms with Crippen molar-refractivity contribution in [2.24, 2.45) is 17.1 Å². The molecule has 11 heavy (non-hydrogen) atoms. The molecule has 0 radical (unpaired) electrons. The molecule has 1 aliphatic carbocycles. The summed E-state index contributed by atoms with van der Waals surface area (Å²) >= 11 is 0. The van der Waals surface area contributed by atoms with Crippen LogP contribution >= 0.6 is 0 Å². The van der Waals surface area contributed by atoms with Crippen molar-refractivity contribution in [2.45, 2.75) is 25.8 Å². The van der Waals surface area contributed by atoms with Crippen LogP contribution in [0.15, 0.2) is 0 Å². The van der Waals surface area contributed by atoms with Gasteiger partial charge in [-0.1, -0.05) is 6.92 Å². The maximum absolute atomic E-state index is 5.91. The first-order valence-corrected chi connectivity index (χ1v) is 4.57. The van der Waals surface area contributed by atoms with Crippen molar-refractivity contribution >= 4 is 0 Å². The van der Waals surface area contributed by atoms with Crippen molar-refractivity contribution in [3.8, 4) is 0 Å². The highest BCUT2D eigenvalue weighted by Gasteiger charge is 2.53. The Morgan fingerprint density at radius 3 is 2.55 bits per heavy atom. The van der Waals surface area contributed by atoms with E-state index in [1.165, 1.54) is 25.9 Å². The second-order valence-electron chi connectivity index (χ2n) is 4.56. The summed E-state index contributed by atoms with van der Waals surface area (Å²) < 4.78 is 0. The first-order valence-electron chi connectivity index (χ1n) is 4.57. The molecule has 2 fully saturated rings. The minimum atomic E-state index is 0.499. The summed E-state index contributed by atoms with van der Waals surface area (Å²) in [7, 11) is 2.21. The quantitative estimate of drug-likeness (QED) is 0.601. The lowest BCUT2D eigenvalue weighted by Crippen LogP contribution is -2.23. The molecular formula is C9H18N2. The van der Waals surface area contributed by atoms with Crippen molar-refractivity contribution in [3.63, 3.8) is 0 Å². The molecule has 0 amide bonds. The fourth-order valence-electron chi connectivity index (χ4n) is 2.36. The van der Waals surface area contributed by atoms with E-state index in [0.29, 0.717) is 11.5 Å². The SMILES string of the molecule is CN1CCC([C@@]2(C)C[C@@H]2N)C1. The van der Waals surface area contributed by atoms with Gasteiger partial charge in [0.15, 0.2) is 0 Å². The van der Waals surface area contributed by atoms with Gasteiger partial charge in [-0.25, -0.2) is 0 Å². The van der Waals surface area contributed by atoms with Crippen LogP contribution in [-0.4, -0.2) is 31.1 Å². The molecule has 0 aromatic rings. The first-order chi connectivity index (χ1) is 5.13. The van der Waals surface area contributed by atoms with Gasteiger partial charge in [-0.05, 0) is 37.8 Å². The van der Waals surface area contributed by atoms with Crippen LogP contribution in [0.4, 0.5) is 0 Å². The van der Waals surface area contributed by atoms with Gasteiger partial charge in [0, 0.05) is 12.6 Å². The Kier molecular flexibility index (Phi) is 1.52. The van der Waals surface area contributed by atoms with Crippen molar-refractivity contribution in [3.05, 3.63) is 0 Å². The fraction of sp³-hybridized carbons (Fsp3) is 1.00. The summed E-state index contributed by atoms with van der Waals surface area (Å²) in [4.78, 5) is 2.42. The summed E-state index contributed by atoms with van der Waals surface area (Å²) in [5, 5.41) is 0. The molecule has 1 saturated carbocycles. The third-order valence-electron chi connectivity index (χ3n) is 3.67. The van der Waals surface area contributed by atoms with E-state index in [9.17, 15) is 0 Å². The van der Waals surface area contributed by atoms with Crippen LogP contribution in [0.25, 0.3) is 0 Å². The summed E-state index contributed by atoms with van der Waals surface area (Å²) in [5.41, 5.74) is 6.41.